The highest BCUT2D eigenvalue weighted by molar-refractivity contribution is 6.31. The summed E-state index contributed by atoms with van der Waals surface area (Å²) in [4.78, 5) is 25.5. The molecule has 3 heterocycles. The SMILES string of the molecule is CCN(Cc1ccc(CN2CCN(C3C(C(=O)O)=CC=CN3C(C)C)CC2)cn1)Cc1c(F)cccc1Cl. The number of halogens is 2. The van der Waals surface area contributed by atoms with E-state index in [0.29, 0.717) is 29.2 Å². The fourth-order valence-corrected chi connectivity index (χ4v) is 5.30. The van der Waals surface area contributed by atoms with E-state index in [4.69, 9.17) is 11.6 Å². The van der Waals surface area contributed by atoms with Gasteiger partial charge in [0.1, 0.15) is 12.0 Å². The summed E-state index contributed by atoms with van der Waals surface area (Å²) >= 11 is 6.22. The van der Waals surface area contributed by atoms with Gasteiger partial charge in [-0.1, -0.05) is 30.7 Å². The summed E-state index contributed by atoms with van der Waals surface area (Å²) in [7, 11) is 0. The minimum Gasteiger partial charge on any atom is -0.478 e. The molecular formula is C29H37ClFN5O2. The van der Waals surface area contributed by atoms with Gasteiger partial charge in [0.05, 0.1) is 11.3 Å². The van der Waals surface area contributed by atoms with Gasteiger partial charge in [0.2, 0.25) is 0 Å². The number of hydrogen-bond acceptors (Lipinski definition) is 6. The lowest BCUT2D eigenvalue weighted by Gasteiger charge is -2.46. The third-order valence-electron chi connectivity index (χ3n) is 7.26. The molecule has 1 N–H and O–H groups in total. The summed E-state index contributed by atoms with van der Waals surface area (Å²) < 4.78 is 14.2. The molecule has 1 saturated heterocycles. The zero-order valence-corrected chi connectivity index (χ0v) is 23.1. The van der Waals surface area contributed by atoms with Crippen LogP contribution >= 0.6 is 11.6 Å². The molecule has 0 radical (unpaired) electrons. The minimum absolute atomic E-state index is 0.203. The van der Waals surface area contributed by atoms with E-state index in [1.165, 1.54) is 6.07 Å². The van der Waals surface area contributed by atoms with Crippen LogP contribution in [0.25, 0.3) is 0 Å². The van der Waals surface area contributed by atoms with Crippen LogP contribution in [0.15, 0.2) is 60.5 Å². The van der Waals surface area contributed by atoms with E-state index in [9.17, 15) is 14.3 Å². The second kappa shape index (κ2) is 12.8. The molecule has 1 aromatic carbocycles. The molecule has 38 heavy (non-hydrogen) atoms. The number of pyridine rings is 1. The molecular weight excluding hydrogens is 505 g/mol. The predicted octanol–water partition coefficient (Wildman–Crippen LogP) is 4.59. The van der Waals surface area contributed by atoms with Crippen molar-refractivity contribution < 1.29 is 14.3 Å². The maximum atomic E-state index is 14.2. The van der Waals surface area contributed by atoms with Crippen molar-refractivity contribution in [2.24, 2.45) is 0 Å². The molecule has 0 spiro atoms. The highest BCUT2D eigenvalue weighted by Gasteiger charge is 2.35. The van der Waals surface area contributed by atoms with Crippen molar-refractivity contribution in [2.75, 3.05) is 32.7 Å². The summed E-state index contributed by atoms with van der Waals surface area (Å²) in [6.07, 6.45) is 7.20. The number of aliphatic carboxylic acids is 1. The third kappa shape index (κ3) is 6.80. The van der Waals surface area contributed by atoms with Gasteiger partial charge in [-0.25, -0.2) is 9.18 Å². The average Bonchev–Trinajstić information content (AvgIpc) is 2.91. The van der Waals surface area contributed by atoms with Crippen LogP contribution in [0.4, 0.5) is 4.39 Å². The smallest absolute Gasteiger partial charge is 0.335 e. The Hall–Kier alpha value is -2.78. The summed E-state index contributed by atoms with van der Waals surface area (Å²) in [5.74, 6) is -1.15. The molecule has 1 fully saturated rings. The average molecular weight is 542 g/mol. The molecule has 2 aromatic rings. The van der Waals surface area contributed by atoms with Crippen LogP contribution in [0.5, 0.6) is 0 Å². The number of hydrogen-bond donors (Lipinski definition) is 1. The molecule has 1 atom stereocenters. The van der Waals surface area contributed by atoms with Crippen LogP contribution in [0.3, 0.4) is 0 Å². The van der Waals surface area contributed by atoms with Crippen LogP contribution in [0.1, 0.15) is 37.6 Å². The number of carboxylic acids is 1. The fourth-order valence-electron chi connectivity index (χ4n) is 5.08. The topological polar surface area (TPSA) is 63.1 Å². The highest BCUT2D eigenvalue weighted by atomic mass is 35.5. The Kier molecular flexibility index (Phi) is 9.54. The van der Waals surface area contributed by atoms with Gasteiger partial charge < -0.3 is 10.0 Å². The molecule has 0 amide bonds. The summed E-state index contributed by atoms with van der Waals surface area (Å²) in [5, 5.41) is 10.2. The molecule has 9 heteroatoms. The Morgan fingerprint density at radius 2 is 1.95 bits per heavy atom. The Bertz CT molecular complexity index is 1140. The van der Waals surface area contributed by atoms with Gasteiger partial charge >= 0.3 is 5.97 Å². The van der Waals surface area contributed by atoms with E-state index in [0.717, 1.165) is 50.5 Å². The predicted molar refractivity (Wildman–Crippen MR) is 148 cm³/mol. The summed E-state index contributed by atoms with van der Waals surface area (Å²) in [6, 6.07) is 9.13. The summed E-state index contributed by atoms with van der Waals surface area (Å²) in [6.45, 7) is 12.1. The first-order valence-corrected chi connectivity index (χ1v) is 13.6. The largest absolute Gasteiger partial charge is 0.478 e. The minimum atomic E-state index is -0.864. The van der Waals surface area contributed by atoms with Crippen molar-refractivity contribution in [2.45, 2.75) is 52.6 Å². The second-order valence-corrected chi connectivity index (χ2v) is 10.6. The monoisotopic (exact) mass is 541 g/mol. The molecule has 1 aromatic heterocycles. The number of allylic oxidation sites excluding steroid dienone is 2. The van der Waals surface area contributed by atoms with E-state index in [1.54, 1.807) is 18.2 Å². The van der Waals surface area contributed by atoms with E-state index >= 15 is 0 Å². The van der Waals surface area contributed by atoms with Crippen LogP contribution in [-0.2, 0) is 24.4 Å². The van der Waals surface area contributed by atoms with E-state index in [1.807, 2.05) is 31.5 Å². The van der Waals surface area contributed by atoms with E-state index in [-0.39, 0.29) is 18.0 Å². The maximum Gasteiger partial charge on any atom is 0.335 e. The lowest BCUT2D eigenvalue weighted by Crippen LogP contribution is -2.57. The molecule has 2 aliphatic heterocycles. The number of nitrogens with zero attached hydrogens (tertiary/aromatic N) is 5. The van der Waals surface area contributed by atoms with Crippen molar-refractivity contribution in [1.82, 2.24) is 24.6 Å². The molecule has 2 aliphatic rings. The van der Waals surface area contributed by atoms with Gasteiger partial charge in [-0.3, -0.25) is 19.7 Å². The molecule has 0 aliphatic carbocycles. The molecule has 4 rings (SSSR count). The Labute approximate surface area is 229 Å². The fraction of sp³-hybridized carbons (Fsp3) is 0.448. The molecule has 0 saturated carbocycles. The van der Waals surface area contributed by atoms with Gasteiger partial charge in [-0.05, 0) is 56.3 Å². The van der Waals surface area contributed by atoms with Crippen LogP contribution in [0.2, 0.25) is 5.02 Å². The third-order valence-corrected chi connectivity index (χ3v) is 7.61. The number of piperazine rings is 1. The Morgan fingerprint density at radius 3 is 2.55 bits per heavy atom. The molecule has 7 nitrogen and oxygen atoms in total. The number of carboxylic acid groups (broad SMARTS) is 1. The van der Waals surface area contributed by atoms with Crippen molar-refractivity contribution in [3.8, 4) is 0 Å². The van der Waals surface area contributed by atoms with E-state index < -0.39 is 5.97 Å². The van der Waals surface area contributed by atoms with Gasteiger partial charge in [-0.15, -0.1) is 0 Å². The maximum absolute atomic E-state index is 14.2. The number of carbonyl (C=O) groups is 1. The first kappa shape index (κ1) is 28.2. The number of benzene rings is 1. The van der Waals surface area contributed by atoms with Crippen LogP contribution in [0, 0.1) is 5.82 Å². The van der Waals surface area contributed by atoms with Crippen molar-refractivity contribution in [3.63, 3.8) is 0 Å². The van der Waals surface area contributed by atoms with Gasteiger partial charge in [0.25, 0.3) is 0 Å². The normalized spacial score (nSPS) is 18.9. The lowest BCUT2D eigenvalue weighted by atomic mass is 10.0. The van der Waals surface area contributed by atoms with Crippen molar-refractivity contribution in [1.29, 1.82) is 0 Å². The second-order valence-electron chi connectivity index (χ2n) is 10.2. The highest BCUT2D eigenvalue weighted by Crippen LogP contribution is 2.25. The quantitative estimate of drug-likeness (QED) is 0.472. The molecule has 1 unspecified atom stereocenters. The van der Waals surface area contributed by atoms with Crippen molar-refractivity contribution in [3.05, 3.63) is 88.1 Å². The first-order valence-electron chi connectivity index (χ1n) is 13.2. The molecule has 204 valence electrons. The molecule has 0 bridgehead atoms. The van der Waals surface area contributed by atoms with Crippen LogP contribution < -0.4 is 0 Å². The zero-order valence-electron chi connectivity index (χ0n) is 22.4. The summed E-state index contributed by atoms with van der Waals surface area (Å²) in [5.41, 5.74) is 3.00. The van der Waals surface area contributed by atoms with Gasteiger partial charge in [-0.2, -0.15) is 0 Å². The van der Waals surface area contributed by atoms with Gasteiger partial charge in [0, 0.05) is 74.8 Å². The van der Waals surface area contributed by atoms with E-state index in [2.05, 4.69) is 44.5 Å². The Morgan fingerprint density at radius 1 is 1.18 bits per heavy atom. The van der Waals surface area contributed by atoms with Crippen molar-refractivity contribution >= 4 is 17.6 Å². The number of aromatic nitrogens is 1. The zero-order chi connectivity index (χ0) is 27.2. The van der Waals surface area contributed by atoms with Gasteiger partial charge in [0.15, 0.2) is 0 Å². The van der Waals surface area contributed by atoms with Crippen LogP contribution in [-0.4, -0.2) is 80.6 Å². The first-order chi connectivity index (χ1) is 18.3. The lowest BCUT2D eigenvalue weighted by molar-refractivity contribution is -0.134. The number of rotatable bonds is 10. The standard InChI is InChI=1S/C29H37ClFN5O2/c1-4-33(20-25-26(30)8-5-9-27(25)31)19-23-11-10-22(17-32-23)18-34-13-15-35(16-14-34)28-24(29(37)38)7-6-12-36(28)21(2)3/h5-12,17,21,28H,4,13-16,18-20H2,1-3H3,(H,37,38). The Balaban J connectivity index is 1.32.